The van der Waals surface area contributed by atoms with Crippen LogP contribution in [-0.4, -0.2) is 16.0 Å². The van der Waals surface area contributed by atoms with Gasteiger partial charge in [0.2, 0.25) is 0 Å². The minimum absolute atomic E-state index is 0.177. The Morgan fingerprint density at radius 3 is 2.89 bits per heavy atom. The van der Waals surface area contributed by atoms with Gasteiger partial charge in [-0.05, 0) is 25.1 Å². The lowest BCUT2D eigenvalue weighted by Crippen LogP contribution is -2.36. The number of carbonyl (C=O) groups excluding carboxylic acids is 1. The zero-order valence-electron chi connectivity index (χ0n) is 10.6. The molecule has 1 aliphatic rings. The van der Waals surface area contributed by atoms with Crippen molar-refractivity contribution in [3.63, 3.8) is 0 Å². The minimum Gasteiger partial charge on any atom is -0.375 e. The number of nitrogens with one attached hydrogen (secondary N) is 1. The number of anilines is 1. The van der Waals surface area contributed by atoms with Crippen molar-refractivity contribution in [2.24, 2.45) is 0 Å². The predicted molar refractivity (Wildman–Crippen MR) is 71.6 cm³/mol. The molecule has 4 nitrogen and oxygen atoms in total. The van der Waals surface area contributed by atoms with Gasteiger partial charge in [-0.1, -0.05) is 23.8 Å². The third-order valence-electron chi connectivity index (χ3n) is 3.41. The van der Waals surface area contributed by atoms with E-state index in [1.54, 1.807) is 18.3 Å². The fraction of sp³-hybridized carbons (Fsp3) is 0.200. The monoisotopic (exact) mass is 254 g/mol. The molecule has 0 saturated carbocycles. The maximum Gasteiger partial charge on any atom is 0.261 e. The standard InChI is InChI=1S/C15H14N2O2/c1-10-5-6-13-12(8-10)15(19,14(18)17-13)9-11-4-2-3-7-16-11/h2-8,19H,9H2,1H3,(H,17,18). The molecule has 2 N–H and O–H groups in total. The summed E-state index contributed by atoms with van der Waals surface area (Å²) in [4.78, 5) is 16.3. The molecule has 1 unspecified atom stereocenters. The lowest BCUT2D eigenvalue weighted by Gasteiger charge is -2.20. The fourth-order valence-corrected chi connectivity index (χ4v) is 2.40. The Labute approximate surface area is 111 Å². The van der Waals surface area contributed by atoms with Crippen LogP contribution in [0.15, 0.2) is 42.6 Å². The molecule has 0 saturated heterocycles. The molecule has 4 heteroatoms. The predicted octanol–water partition coefficient (Wildman–Crippen LogP) is 1.77. The molecule has 0 radical (unpaired) electrons. The summed E-state index contributed by atoms with van der Waals surface area (Å²) in [6.45, 7) is 1.93. The topological polar surface area (TPSA) is 62.2 Å². The number of aliphatic hydroxyl groups is 1. The van der Waals surface area contributed by atoms with Crippen LogP contribution in [0.25, 0.3) is 0 Å². The summed E-state index contributed by atoms with van der Waals surface area (Å²) in [5.41, 5.74) is 1.47. The highest BCUT2D eigenvalue weighted by Crippen LogP contribution is 2.38. The molecule has 19 heavy (non-hydrogen) atoms. The van der Waals surface area contributed by atoms with Gasteiger partial charge in [-0.2, -0.15) is 0 Å². The third-order valence-corrected chi connectivity index (χ3v) is 3.41. The Morgan fingerprint density at radius 2 is 2.16 bits per heavy atom. The molecular formula is C15H14N2O2. The van der Waals surface area contributed by atoms with Gasteiger partial charge in [0.15, 0.2) is 5.60 Å². The van der Waals surface area contributed by atoms with Crippen molar-refractivity contribution in [2.45, 2.75) is 18.9 Å². The van der Waals surface area contributed by atoms with Crippen molar-refractivity contribution in [2.75, 3.05) is 5.32 Å². The molecule has 1 amide bonds. The quantitative estimate of drug-likeness (QED) is 0.858. The Hall–Kier alpha value is -2.20. The maximum absolute atomic E-state index is 12.1. The first-order chi connectivity index (χ1) is 9.09. The number of aromatic nitrogens is 1. The summed E-state index contributed by atoms with van der Waals surface area (Å²) < 4.78 is 0. The number of carbonyl (C=O) groups is 1. The van der Waals surface area contributed by atoms with Crippen LogP contribution in [0.1, 0.15) is 16.8 Å². The summed E-state index contributed by atoms with van der Waals surface area (Å²) in [7, 11) is 0. The molecule has 0 aliphatic carbocycles. The zero-order chi connectivity index (χ0) is 13.5. The lowest BCUT2D eigenvalue weighted by atomic mass is 9.89. The van der Waals surface area contributed by atoms with E-state index in [-0.39, 0.29) is 6.42 Å². The van der Waals surface area contributed by atoms with E-state index in [2.05, 4.69) is 10.3 Å². The number of aryl methyl sites for hydroxylation is 1. The van der Waals surface area contributed by atoms with Gasteiger partial charge in [0, 0.05) is 29.6 Å². The van der Waals surface area contributed by atoms with Crippen LogP contribution in [0.3, 0.4) is 0 Å². The molecular weight excluding hydrogens is 240 g/mol. The second kappa shape index (κ2) is 4.17. The normalized spacial score (nSPS) is 21.1. The van der Waals surface area contributed by atoms with Gasteiger partial charge in [-0.3, -0.25) is 9.78 Å². The molecule has 0 bridgehead atoms. The van der Waals surface area contributed by atoms with E-state index >= 15 is 0 Å². The first-order valence-corrected chi connectivity index (χ1v) is 6.14. The minimum atomic E-state index is -1.53. The second-order valence-electron chi connectivity index (χ2n) is 4.86. The van der Waals surface area contributed by atoms with Crippen molar-refractivity contribution < 1.29 is 9.90 Å². The molecule has 1 aliphatic heterocycles. The van der Waals surface area contributed by atoms with Gasteiger partial charge in [0.25, 0.3) is 5.91 Å². The van der Waals surface area contributed by atoms with Crippen molar-refractivity contribution in [1.82, 2.24) is 4.98 Å². The molecule has 2 aromatic rings. The average Bonchev–Trinajstić information content (AvgIpc) is 2.64. The van der Waals surface area contributed by atoms with E-state index < -0.39 is 11.5 Å². The largest absolute Gasteiger partial charge is 0.375 e. The molecule has 1 aromatic heterocycles. The van der Waals surface area contributed by atoms with Crippen molar-refractivity contribution in [3.05, 3.63) is 59.4 Å². The Kier molecular flexibility index (Phi) is 2.61. The summed E-state index contributed by atoms with van der Waals surface area (Å²) in [5.74, 6) is -0.390. The number of hydrogen-bond acceptors (Lipinski definition) is 3. The Morgan fingerprint density at radius 1 is 1.32 bits per heavy atom. The molecule has 1 aromatic carbocycles. The average molecular weight is 254 g/mol. The molecule has 96 valence electrons. The smallest absolute Gasteiger partial charge is 0.261 e. The number of fused-ring (bicyclic) bond motifs is 1. The summed E-state index contributed by atoms with van der Waals surface area (Å²) in [5, 5.41) is 13.5. The lowest BCUT2D eigenvalue weighted by molar-refractivity contribution is -0.133. The SMILES string of the molecule is Cc1ccc2c(c1)C(O)(Cc1ccccn1)C(=O)N2. The van der Waals surface area contributed by atoms with E-state index in [0.29, 0.717) is 16.9 Å². The number of pyridine rings is 1. The van der Waals surface area contributed by atoms with Gasteiger partial charge in [0.1, 0.15) is 0 Å². The van der Waals surface area contributed by atoms with Crippen LogP contribution in [0.5, 0.6) is 0 Å². The van der Waals surface area contributed by atoms with Gasteiger partial charge in [0.05, 0.1) is 0 Å². The molecule has 2 heterocycles. The zero-order valence-corrected chi connectivity index (χ0v) is 10.6. The number of amides is 1. The maximum atomic E-state index is 12.1. The highest BCUT2D eigenvalue weighted by molar-refractivity contribution is 6.05. The molecule has 0 fully saturated rings. The molecule has 0 spiro atoms. The second-order valence-corrected chi connectivity index (χ2v) is 4.86. The molecule has 1 atom stereocenters. The van der Waals surface area contributed by atoms with E-state index in [1.807, 2.05) is 31.2 Å². The summed E-state index contributed by atoms with van der Waals surface area (Å²) in [6, 6.07) is 11.0. The van der Waals surface area contributed by atoms with Gasteiger partial charge in [-0.15, -0.1) is 0 Å². The van der Waals surface area contributed by atoms with Crippen LogP contribution in [0.2, 0.25) is 0 Å². The highest BCUT2D eigenvalue weighted by atomic mass is 16.3. The Bertz CT molecular complexity index is 640. The van der Waals surface area contributed by atoms with Gasteiger partial charge in [-0.25, -0.2) is 0 Å². The van der Waals surface area contributed by atoms with E-state index in [0.717, 1.165) is 5.56 Å². The number of rotatable bonds is 2. The fourth-order valence-electron chi connectivity index (χ4n) is 2.40. The first kappa shape index (κ1) is 11.9. The highest BCUT2D eigenvalue weighted by Gasteiger charge is 2.45. The van der Waals surface area contributed by atoms with E-state index in [1.165, 1.54) is 0 Å². The van der Waals surface area contributed by atoms with Gasteiger partial charge < -0.3 is 10.4 Å². The van der Waals surface area contributed by atoms with Crippen LogP contribution >= 0.6 is 0 Å². The number of benzene rings is 1. The van der Waals surface area contributed by atoms with Crippen LogP contribution in [-0.2, 0) is 16.8 Å². The third kappa shape index (κ3) is 1.90. The van der Waals surface area contributed by atoms with E-state index in [4.69, 9.17) is 0 Å². The Balaban J connectivity index is 2.04. The number of nitrogens with zero attached hydrogens (tertiary/aromatic N) is 1. The summed E-state index contributed by atoms with van der Waals surface area (Å²) >= 11 is 0. The van der Waals surface area contributed by atoms with E-state index in [9.17, 15) is 9.90 Å². The first-order valence-electron chi connectivity index (χ1n) is 6.14. The van der Waals surface area contributed by atoms with Crippen LogP contribution in [0.4, 0.5) is 5.69 Å². The van der Waals surface area contributed by atoms with Crippen molar-refractivity contribution in [3.8, 4) is 0 Å². The van der Waals surface area contributed by atoms with Gasteiger partial charge >= 0.3 is 0 Å². The van der Waals surface area contributed by atoms with Crippen LogP contribution < -0.4 is 5.32 Å². The van der Waals surface area contributed by atoms with Crippen LogP contribution in [0, 0.1) is 6.92 Å². The molecule has 3 rings (SSSR count). The summed E-state index contributed by atoms with van der Waals surface area (Å²) in [6.07, 6.45) is 1.83. The van der Waals surface area contributed by atoms with Crippen molar-refractivity contribution >= 4 is 11.6 Å². The number of hydrogen-bond donors (Lipinski definition) is 2. The van der Waals surface area contributed by atoms with Crippen molar-refractivity contribution in [1.29, 1.82) is 0 Å².